The summed E-state index contributed by atoms with van der Waals surface area (Å²) in [6, 6.07) is 7.72. The smallest absolute Gasteiger partial charge is 0.166 e. The van der Waals surface area contributed by atoms with Gasteiger partial charge in [-0.3, -0.25) is 0 Å². The van der Waals surface area contributed by atoms with Crippen molar-refractivity contribution in [3.05, 3.63) is 59.7 Å². The van der Waals surface area contributed by atoms with E-state index in [1.165, 1.54) is 19.3 Å². The van der Waals surface area contributed by atoms with Crippen molar-refractivity contribution in [1.82, 2.24) is 0 Å². The molecule has 0 N–H and O–H groups in total. The first-order valence-corrected chi connectivity index (χ1v) is 9.15. The SMILES string of the molecule is C=CCCC1CCC(c2ccc3cc(CC)c(F)c(F)c3c2)CC1. The standard InChI is InChI=1S/C22H26F2/c1-3-5-6-15-7-9-17(10-8-15)18-11-12-19-13-16(4-2)21(23)22(24)20(19)14-18/h3,11-15,17H,1,4-10H2,2H3. The summed E-state index contributed by atoms with van der Waals surface area (Å²) in [4.78, 5) is 0. The number of hydrogen-bond acceptors (Lipinski definition) is 0. The Morgan fingerprint density at radius 3 is 2.50 bits per heavy atom. The van der Waals surface area contributed by atoms with Crippen LogP contribution in [0, 0.1) is 17.6 Å². The Morgan fingerprint density at radius 2 is 1.83 bits per heavy atom. The Bertz CT molecular complexity index is 724. The molecule has 0 nitrogen and oxygen atoms in total. The molecule has 1 fully saturated rings. The largest absolute Gasteiger partial charge is 0.203 e. The lowest BCUT2D eigenvalue weighted by Crippen LogP contribution is -2.13. The topological polar surface area (TPSA) is 0 Å². The van der Waals surface area contributed by atoms with Gasteiger partial charge in [0.15, 0.2) is 11.6 Å². The molecule has 0 amide bonds. The molecule has 0 heterocycles. The van der Waals surface area contributed by atoms with Crippen molar-refractivity contribution in [2.75, 3.05) is 0 Å². The summed E-state index contributed by atoms with van der Waals surface area (Å²) >= 11 is 0. The van der Waals surface area contributed by atoms with Crippen LogP contribution >= 0.6 is 0 Å². The Labute approximate surface area is 143 Å². The molecule has 1 aliphatic carbocycles. The summed E-state index contributed by atoms with van der Waals surface area (Å²) in [7, 11) is 0. The average molecular weight is 328 g/mol. The van der Waals surface area contributed by atoms with Crippen molar-refractivity contribution in [2.24, 2.45) is 5.92 Å². The maximum atomic E-state index is 14.4. The van der Waals surface area contributed by atoms with E-state index in [2.05, 4.69) is 12.6 Å². The quantitative estimate of drug-likeness (QED) is 0.522. The molecule has 0 bridgehead atoms. The van der Waals surface area contributed by atoms with E-state index < -0.39 is 11.6 Å². The van der Waals surface area contributed by atoms with E-state index in [1.807, 2.05) is 25.1 Å². The number of hydrogen-bond donors (Lipinski definition) is 0. The zero-order valence-corrected chi connectivity index (χ0v) is 14.5. The van der Waals surface area contributed by atoms with E-state index in [1.54, 1.807) is 6.07 Å². The predicted molar refractivity (Wildman–Crippen MR) is 97.4 cm³/mol. The Kier molecular flexibility index (Phi) is 5.33. The van der Waals surface area contributed by atoms with E-state index in [-0.39, 0.29) is 0 Å². The zero-order chi connectivity index (χ0) is 17.1. The second-order valence-corrected chi connectivity index (χ2v) is 7.08. The molecule has 2 aromatic rings. The van der Waals surface area contributed by atoms with Gasteiger partial charge in [0.25, 0.3) is 0 Å². The lowest BCUT2D eigenvalue weighted by molar-refractivity contribution is 0.312. The molecule has 0 saturated heterocycles. The Morgan fingerprint density at radius 1 is 1.08 bits per heavy atom. The first kappa shape index (κ1) is 17.1. The minimum Gasteiger partial charge on any atom is -0.203 e. The molecule has 1 saturated carbocycles. The molecule has 2 heteroatoms. The van der Waals surface area contributed by atoms with Crippen LogP contribution in [0.2, 0.25) is 0 Å². The number of benzene rings is 2. The van der Waals surface area contributed by atoms with Gasteiger partial charge < -0.3 is 0 Å². The van der Waals surface area contributed by atoms with Crippen molar-refractivity contribution in [1.29, 1.82) is 0 Å². The highest BCUT2D eigenvalue weighted by atomic mass is 19.2. The monoisotopic (exact) mass is 328 g/mol. The number of allylic oxidation sites excluding steroid dienone is 1. The van der Waals surface area contributed by atoms with Gasteiger partial charge in [0.05, 0.1) is 0 Å². The van der Waals surface area contributed by atoms with E-state index in [4.69, 9.17) is 0 Å². The molecule has 128 valence electrons. The molecule has 0 aliphatic heterocycles. The zero-order valence-electron chi connectivity index (χ0n) is 14.5. The molecule has 0 spiro atoms. The van der Waals surface area contributed by atoms with Crippen LogP contribution in [0.1, 0.15) is 62.5 Å². The Balaban J connectivity index is 1.81. The lowest BCUT2D eigenvalue weighted by Gasteiger charge is -2.29. The van der Waals surface area contributed by atoms with Crippen molar-refractivity contribution < 1.29 is 8.78 Å². The molecule has 24 heavy (non-hydrogen) atoms. The van der Waals surface area contributed by atoms with Gasteiger partial charge in [-0.25, -0.2) is 8.78 Å². The van der Waals surface area contributed by atoms with Crippen LogP contribution in [-0.4, -0.2) is 0 Å². The summed E-state index contributed by atoms with van der Waals surface area (Å²) < 4.78 is 28.5. The third-order valence-electron chi connectivity index (χ3n) is 5.60. The molecule has 0 atom stereocenters. The molecule has 0 unspecified atom stereocenters. The summed E-state index contributed by atoms with van der Waals surface area (Å²) in [5.74, 6) is -0.107. The maximum Gasteiger partial charge on any atom is 0.166 e. The summed E-state index contributed by atoms with van der Waals surface area (Å²) in [6.45, 7) is 5.65. The van der Waals surface area contributed by atoms with Gasteiger partial charge in [0.2, 0.25) is 0 Å². The number of fused-ring (bicyclic) bond motifs is 1. The predicted octanol–water partition coefficient (Wildman–Crippen LogP) is 6.92. The normalized spacial score (nSPS) is 21.1. The maximum absolute atomic E-state index is 14.4. The third kappa shape index (κ3) is 3.38. The molecule has 2 aromatic carbocycles. The molecular weight excluding hydrogens is 302 g/mol. The van der Waals surface area contributed by atoms with Crippen LogP contribution in [0.4, 0.5) is 8.78 Å². The van der Waals surface area contributed by atoms with Crippen LogP contribution in [0.25, 0.3) is 10.8 Å². The number of aryl methyl sites for hydroxylation is 1. The third-order valence-corrected chi connectivity index (χ3v) is 5.60. The number of halogens is 2. The fourth-order valence-electron chi connectivity index (χ4n) is 4.05. The molecule has 0 radical (unpaired) electrons. The van der Waals surface area contributed by atoms with Crippen molar-refractivity contribution in [2.45, 2.75) is 57.8 Å². The highest BCUT2D eigenvalue weighted by molar-refractivity contribution is 5.84. The van der Waals surface area contributed by atoms with Crippen LogP contribution in [0.5, 0.6) is 0 Å². The van der Waals surface area contributed by atoms with Gasteiger partial charge in [-0.05, 0) is 85.4 Å². The minimum absolute atomic E-state index is 0.427. The fourth-order valence-corrected chi connectivity index (χ4v) is 4.05. The van der Waals surface area contributed by atoms with E-state index in [0.717, 1.165) is 36.1 Å². The molecule has 3 rings (SSSR count). The van der Waals surface area contributed by atoms with Crippen molar-refractivity contribution in [3.8, 4) is 0 Å². The lowest BCUT2D eigenvalue weighted by atomic mass is 9.77. The van der Waals surface area contributed by atoms with E-state index >= 15 is 0 Å². The summed E-state index contributed by atoms with van der Waals surface area (Å²) in [6.07, 6.45) is 9.56. The van der Waals surface area contributed by atoms with Gasteiger partial charge in [-0.2, -0.15) is 0 Å². The van der Waals surface area contributed by atoms with Gasteiger partial charge in [-0.1, -0.05) is 25.1 Å². The summed E-state index contributed by atoms with van der Waals surface area (Å²) in [5.41, 5.74) is 1.61. The van der Waals surface area contributed by atoms with Gasteiger partial charge >= 0.3 is 0 Å². The average Bonchev–Trinajstić information content (AvgIpc) is 2.63. The molecule has 0 aromatic heterocycles. The fraction of sp³-hybridized carbons (Fsp3) is 0.455. The first-order valence-electron chi connectivity index (χ1n) is 9.15. The minimum atomic E-state index is -0.689. The highest BCUT2D eigenvalue weighted by Crippen LogP contribution is 2.39. The molecular formula is C22H26F2. The second-order valence-electron chi connectivity index (χ2n) is 7.08. The van der Waals surface area contributed by atoms with Gasteiger partial charge in [-0.15, -0.1) is 6.58 Å². The van der Waals surface area contributed by atoms with Crippen molar-refractivity contribution in [3.63, 3.8) is 0 Å². The van der Waals surface area contributed by atoms with Crippen LogP contribution in [0.3, 0.4) is 0 Å². The number of rotatable bonds is 5. The van der Waals surface area contributed by atoms with E-state index in [9.17, 15) is 8.78 Å². The molecule has 1 aliphatic rings. The first-order chi connectivity index (χ1) is 11.6. The van der Waals surface area contributed by atoms with E-state index in [0.29, 0.717) is 23.3 Å². The van der Waals surface area contributed by atoms with Gasteiger partial charge in [0, 0.05) is 5.39 Å². The second kappa shape index (κ2) is 7.46. The van der Waals surface area contributed by atoms with Crippen LogP contribution < -0.4 is 0 Å². The van der Waals surface area contributed by atoms with Crippen molar-refractivity contribution >= 4 is 10.8 Å². The van der Waals surface area contributed by atoms with Gasteiger partial charge in [0.1, 0.15) is 0 Å². The van der Waals surface area contributed by atoms with Crippen LogP contribution in [0.15, 0.2) is 36.9 Å². The summed E-state index contributed by atoms with van der Waals surface area (Å²) in [5, 5.41) is 1.23. The Hall–Kier alpha value is -1.70. The highest BCUT2D eigenvalue weighted by Gasteiger charge is 2.23. The van der Waals surface area contributed by atoms with Crippen LogP contribution in [-0.2, 0) is 6.42 Å².